The molecule has 7 nitrogen and oxygen atoms in total. The summed E-state index contributed by atoms with van der Waals surface area (Å²) in [5, 5.41) is 0. The van der Waals surface area contributed by atoms with E-state index in [1.54, 1.807) is 11.1 Å². The van der Waals surface area contributed by atoms with Crippen molar-refractivity contribution in [1.29, 1.82) is 0 Å². The Hall–Kier alpha value is -3.74. The van der Waals surface area contributed by atoms with Crippen molar-refractivity contribution in [3.63, 3.8) is 0 Å². The molecule has 2 aromatic carbocycles. The monoisotopic (exact) mass is 402 g/mol. The minimum absolute atomic E-state index is 0.185. The van der Waals surface area contributed by atoms with E-state index in [0.29, 0.717) is 18.8 Å². The van der Waals surface area contributed by atoms with E-state index in [4.69, 9.17) is 4.74 Å². The maximum absolute atomic E-state index is 12.4. The van der Waals surface area contributed by atoms with Gasteiger partial charge < -0.3 is 14.5 Å². The van der Waals surface area contributed by atoms with Crippen molar-refractivity contribution in [3.05, 3.63) is 72.6 Å². The molecule has 7 heteroatoms. The van der Waals surface area contributed by atoms with Gasteiger partial charge in [-0.3, -0.25) is 9.78 Å². The summed E-state index contributed by atoms with van der Waals surface area (Å²) in [5.41, 5.74) is 3.24. The highest BCUT2D eigenvalue weighted by atomic mass is 16.5. The van der Waals surface area contributed by atoms with Crippen LogP contribution in [0.4, 0.5) is 5.69 Å². The zero-order valence-corrected chi connectivity index (χ0v) is 16.5. The molecule has 0 radical (unpaired) electrons. The topological polar surface area (TPSA) is 75.6 Å². The fourth-order valence-corrected chi connectivity index (χ4v) is 3.33. The zero-order valence-electron chi connectivity index (χ0n) is 16.5. The molecule has 4 rings (SSSR count). The van der Waals surface area contributed by atoms with E-state index in [1.165, 1.54) is 12.2 Å². The molecule has 3 aromatic rings. The van der Waals surface area contributed by atoms with Gasteiger partial charge in [0.2, 0.25) is 0 Å². The molecule has 0 saturated carbocycles. The number of anilines is 1. The van der Waals surface area contributed by atoms with Crippen molar-refractivity contribution in [3.8, 4) is 0 Å². The maximum Gasteiger partial charge on any atom is 0.331 e. The summed E-state index contributed by atoms with van der Waals surface area (Å²) in [6.45, 7) is 2.45. The molecule has 0 aliphatic carbocycles. The average molecular weight is 402 g/mol. The van der Waals surface area contributed by atoms with Gasteiger partial charge in [0, 0.05) is 37.9 Å². The molecule has 2 heterocycles. The molecule has 1 aliphatic heterocycles. The van der Waals surface area contributed by atoms with Gasteiger partial charge in [0.1, 0.15) is 0 Å². The molecule has 1 fully saturated rings. The molecule has 1 amide bonds. The van der Waals surface area contributed by atoms with Crippen LogP contribution >= 0.6 is 0 Å². The van der Waals surface area contributed by atoms with Gasteiger partial charge in [0.15, 0.2) is 6.61 Å². The van der Waals surface area contributed by atoms with Crippen LogP contribution in [0.1, 0.15) is 5.69 Å². The van der Waals surface area contributed by atoms with Crippen LogP contribution in [0, 0.1) is 0 Å². The standard InChI is InChI=1S/C23H22N4O3/c28-22(27-14-12-26(13-15-27)19-6-2-1-3-7-19)17-30-23(29)11-10-18-16-24-20-8-4-5-9-21(20)25-18/h1-11,16H,12-15,17H2/b11-10+. The van der Waals surface area contributed by atoms with Gasteiger partial charge in [-0.05, 0) is 30.3 Å². The molecule has 1 aromatic heterocycles. The van der Waals surface area contributed by atoms with Crippen LogP contribution in [0.3, 0.4) is 0 Å². The van der Waals surface area contributed by atoms with E-state index in [1.807, 2.05) is 42.5 Å². The van der Waals surface area contributed by atoms with Gasteiger partial charge in [-0.1, -0.05) is 30.3 Å². The number of para-hydroxylation sites is 3. The Balaban J connectivity index is 1.24. The highest BCUT2D eigenvalue weighted by Crippen LogP contribution is 2.15. The Labute approximate surface area is 174 Å². The summed E-state index contributed by atoms with van der Waals surface area (Å²) in [4.78, 5) is 37.0. The second-order valence-electron chi connectivity index (χ2n) is 6.93. The first-order valence-electron chi connectivity index (χ1n) is 9.83. The van der Waals surface area contributed by atoms with Gasteiger partial charge in [-0.25, -0.2) is 9.78 Å². The van der Waals surface area contributed by atoms with E-state index in [-0.39, 0.29) is 12.5 Å². The normalized spacial score (nSPS) is 14.3. The number of amides is 1. The lowest BCUT2D eigenvalue weighted by molar-refractivity contribution is -0.148. The molecule has 0 spiro atoms. The second kappa shape index (κ2) is 9.17. The number of hydrogen-bond acceptors (Lipinski definition) is 6. The third kappa shape index (κ3) is 4.81. The molecule has 1 aliphatic rings. The Kier molecular flexibility index (Phi) is 5.98. The highest BCUT2D eigenvalue weighted by molar-refractivity contribution is 5.89. The average Bonchev–Trinajstić information content (AvgIpc) is 2.81. The Morgan fingerprint density at radius 3 is 2.40 bits per heavy atom. The molecular formula is C23H22N4O3. The number of esters is 1. The molecule has 30 heavy (non-hydrogen) atoms. The summed E-state index contributed by atoms with van der Waals surface area (Å²) < 4.78 is 5.10. The summed E-state index contributed by atoms with van der Waals surface area (Å²) >= 11 is 0. The molecule has 0 bridgehead atoms. The van der Waals surface area contributed by atoms with Crippen molar-refractivity contribution in [2.24, 2.45) is 0 Å². The first kappa shape index (κ1) is 19.6. The van der Waals surface area contributed by atoms with Crippen molar-refractivity contribution >= 4 is 34.7 Å². The molecule has 0 N–H and O–H groups in total. The molecule has 0 unspecified atom stereocenters. The number of piperazine rings is 1. The predicted octanol–water partition coefficient (Wildman–Crippen LogP) is 2.54. The van der Waals surface area contributed by atoms with Crippen LogP contribution in [0.15, 0.2) is 66.9 Å². The number of rotatable bonds is 5. The quantitative estimate of drug-likeness (QED) is 0.482. The lowest BCUT2D eigenvalue weighted by atomic mass is 10.2. The minimum atomic E-state index is -0.582. The molecule has 0 atom stereocenters. The number of carbonyl (C=O) groups excluding carboxylic acids is 2. The first-order valence-corrected chi connectivity index (χ1v) is 9.83. The minimum Gasteiger partial charge on any atom is -0.452 e. The summed E-state index contributed by atoms with van der Waals surface area (Å²) in [7, 11) is 0. The van der Waals surface area contributed by atoms with Gasteiger partial charge in [0.05, 0.1) is 22.9 Å². The van der Waals surface area contributed by atoms with E-state index < -0.39 is 5.97 Å². The second-order valence-corrected chi connectivity index (χ2v) is 6.93. The van der Waals surface area contributed by atoms with Crippen LogP contribution < -0.4 is 4.90 Å². The Morgan fingerprint density at radius 2 is 1.63 bits per heavy atom. The molecule has 152 valence electrons. The van der Waals surface area contributed by atoms with Crippen molar-refractivity contribution in [2.45, 2.75) is 0 Å². The molecular weight excluding hydrogens is 380 g/mol. The number of benzene rings is 2. The predicted molar refractivity (Wildman–Crippen MR) is 115 cm³/mol. The smallest absolute Gasteiger partial charge is 0.331 e. The fraction of sp³-hybridized carbons (Fsp3) is 0.217. The third-order valence-electron chi connectivity index (χ3n) is 4.95. The Morgan fingerprint density at radius 1 is 0.933 bits per heavy atom. The van der Waals surface area contributed by atoms with Crippen LogP contribution in [-0.4, -0.2) is 59.5 Å². The van der Waals surface area contributed by atoms with Crippen LogP contribution in [0.2, 0.25) is 0 Å². The van der Waals surface area contributed by atoms with Gasteiger partial charge in [0.25, 0.3) is 5.91 Å². The lowest BCUT2D eigenvalue weighted by Crippen LogP contribution is -2.49. The van der Waals surface area contributed by atoms with Gasteiger partial charge >= 0.3 is 5.97 Å². The van der Waals surface area contributed by atoms with E-state index in [2.05, 4.69) is 27.0 Å². The van der Waals surface area contributed by atoms with Crippen LogP contribution in [-0.2, 0) is 14.3 Å². The number of carbonyl (C=O) groups is 2. The van der Waals surface area contributed by atoms with E-state index in [9.17, 15) is 9.59 Å². The number of hydrogen-bond donors (Lipinski definition) is 0. The summed E-state index contributed by atoms with van der Waals surface area (Å²) in [6, 6.07) is 17.6. The largest absolute Gasteiger partial charge is 0.452 e. The summed E-state index contributed by atoms with van der Waals surface area (Å²) in [5.74, 6) is -0.767. The number of ether oxygens (including phenoxy) is 1. The van der Waals surface area contributed by atoms with Crippen molar-refractivity contribution in [1.82, 2.24) is 14.9 Å². The molecule has 1 saturated heterocycles. The van der Waals surface area contributed by atoms with Crippen LogP contribution in [0.25, 0.3) is 17.1 Å². The van der Waals surface area contributed by atoms with Crippen LogP contribution in [0.5, 0.6) is 0 Å². The zero-order chi connectivity index (χ0) is 20.8. The Bertz CT molecular complexity index is 1060. The number of fused-ring (bicyclic) bond motifs is 1. The SMILES string of the molecule is O=C(/C=C/c1cnc2ccccc2n1)OCC(=O)N1CCN(c2ccccc2)CC1. The van der Waals surface area contributed by atoms with Gasteiger partial charge in [-0.2, -0.15) is 0 Å². The first-order chi connectivity index (χ1) is 14.7. The van der Waals surface area contributed by atoms with E-state index in [0.717, 1.165) is 29.8 Å². The highest BCUT2D eigenvalue weighted by Gasteiger charge is 2.21. The number of aromatic nitrogens is 2. The van der Waals surface area contributed by atoms with Crippen molar-refractivity contribution in [2.75, 3.05) is 37.7 Å². The third-order valence-corrected chi connectivity index (χ3v) is 4.95. The fourth-order valence-electron chi connectivity index (χ4n) is 3.33. The van der Waals surface area contributed by atoms with Crippen molar-refractivity contribution < 1.29 is 14.3 Å². The van der Waals surface area contributed by atoms with Gasteiger partial charge in [-0.15, -0.1) is 0 Å². The lowest BCUT2D eigenvalue weighted by Gasteiger charge is -2.36. The maximum atomic E-state index is 12.4. The summed E-state index contributed by atoms with van der Waals surface area (Å²) in [6.07, 6.45) is 4.38. The number of nitrogens with zero attached hydrogens (tertiary/aromatic N) is 4. The van der Waals surface area contributed by atoms with E-state index >= 15 is 0 Å².